The molecule has 0 radical (unpaired) electrons. The summed E-state index contributed by atoms with van der Waals surface area (Å²) in [6.07, 6.45) is 14.1. The molecule has 11 unspecified atom stereocenters. The van der Waals surface area contributed by atoms with Crippen molar-refractivity contribution in [1.29, 1.82) is 0 Å². The molecule has 0 spiro atoms. The van der Waals surface area contributed by atoms with E-state index >= 15 is 0 Å². The lowest BCUT2D eigenvalue weighted by atomic mass is 9.38. The van der Waals surface area contributed by atoms with Gasteiger partial charge in [-0.15, -0.1) is 0 Å². The van der Waals surface area contributed by atoms with Gasteiger partial charge < -0.3 is 24.8 Å². The van der Waals surface area contributed by atoms with Crippen LogP contribution in [-0.4, -0.2) is 57.8 Å². The number of hydrogen-bond acceptors (Lipinski definition) is 7. The summed E-state index contributed by atoms with van der Waals surface area (Å²) in [5.41, 5.74) is -0.961. The van der Waals surface area contributed by atoms with Crippen LogP contribution in [0.4, 0.5) is 0 Å². The van der Waals surface area contributed by atoms with Crippen molar-refractivity contribution in [2.45, 2.75) is 168 Å². The lowest BCUT2D eigenvalue weighted by molar-refractivity contribution is -0.326. The van der Waals surface area contributed by atoms with Gasteiger partial charge in [0.25, 0.3) is 0 Å². The molecule has 1 heterocycles. The van der Waals surface area contributed by atoms with Crippen LogP contribution < -0.4 is 0 Å². The Morgan fingerprint density at radius 3 is 2.49 bits per heavy atom. The molecule has 286 valence electrons. The molecule has 3 saturated carbocycles. The number of benzene rings is 1. The highest BCUT2D eigenvalue weighted by Gasteiger charge is 2.74. The van der Waals surface area contributed by atoms with E-state index in [1.165, 1.54) is 50.7 Å². The highest BCUT2D eigenvalue weighted by Crippen LogP contribution is 2.69. The molecular weight excluding hydrogens is 640 g/mol. The Labute approximate surface area is 308 Å². The lowest BCUT2D eigenvalue weighted by Crippen LogP contribution is -2.77. The van der Waals surface area contributed by atoms with Gasteiger partial charge in [0.15, 0.2) is 0 Å². The topological polar surface area (TPSA) is 113 Å². The predicted octanol–water partition coefficient (Wildman–Crippen LogP) is 8.51. The van der Waals surface area contributed by atoms with Crippen molar-refractivity contribution in [3.63, 3.8) is 0 Å². The number of aryl methyl sites for hydroxylation is 1. The molecule has 3 N–H and O–H groups in total. The Balaban J connectivity index is 1.49. The van der Waals surface area contributed by atoms with Gasteiger partial charge in [-0.3, -0.25) is 4.79 Å². The van der Waals surface area contributed by atoms with E-state index in [1.54, 1.807) is 0 Å². The normalized spacial score (nSPS) is 36.2. The number of carbonyl (C=O) groups excluding carboxylic acids is 2. The van der Waals surface area contributed by atoms with Crippen molar-refractivity contribution in [3.8, 4) is 0 Å². The third kappa shape index (κ3) is 8.46. The van der Waals surface area contributed by atoms with Crippen molar-refractivity contribution in [2.24, 2.45) is 40.4 Å². The molecule has 1 aliphatic heterocycles. The maximum atomic E-state index is 13.4. The average Bonchev–Trinajstić information content (AvgIpc) is 3.76. The molecule has 7 nitrogen and oxygen atoms in total. The van der Waals surface area contributed by atoms with Crippen LogP contribution in [-0.2, 0) is 25.5 Å². The van der Waals surface area contributed by atoms with Crippen LogP contribution in [0.3, 0.4) is 0 Å². The first-order valence-corrected chi connectivity index (χ1v) is 20.5. The van der Waals surface area contributed by atoms with Gasteiger partial charge in [-0.1, -0.05) is 96.6 Å². The molecule has 0 amide bonds. The Bertz CT molecular complexity index is 1330. The Hall–Kier alpha value is -2.22. The molecule has 0 bridgehead atoms. The predicted molar refractivity (Wildman–Crippen MR) is 201 cm³/mol. The third-order valence-electron chi connectivity index (χ3n) is 14.3. The summed E-state index contributed by atoms with van der Waals surface area (Å²) in [6.45, 7) is 10.5. The van der Waals surface area contributed by atoms with Crippen molar-refractivity contribution in [1.82, 2.24) is 0 Å². The maximum absolute atomic E-state index is 13.4. The zero-order chi connectivity index (χ0) is 36.8. The van der Waals surface area contributed by atoms with Crippen molar-refractivity contribution in [2.75, 3.05) is 6.61 Å². The number of ether oxygens (including phenoxy) is 2. The van der Waals surface area contributed by atoms with Gasteiger partial charge in [-0.05, 0) is 111 Å². The quantitative estimate of drug-likeness (QED) is 0.110. The minimum Gasteiger partial charge on any atom is -0.462 e. The number of fused-ring (bicyclic) bond motifs is 1. The van der Waals surface area contributed by atoms with Crippen LogP contribution >= 0.6 is 0 Å². The van der Waals surface area contributed by atoms with Crippen LogP contribution in [0.1, 0.15) is 143 Å². The van der Waals surface area contributed by atoms with Crippen LogP contribution in [0.15, 0.2) is 42.0 Å². The fourth-order valence-electron chi connectivity index (χ4n) is 11.6. The van der Waals surface area contributed by atoms with Gasteiger partial charge in [0.05, 0.1) is 23.2 Å². The smallest absolute Gasteiger partial charge is 0.331 e. The van der Waals surface area contributed by atoms with Gasteiger partial charge in [-0.2, -0.15) is 0 Å². The molecule has 3 fully saturated rings. The van der Waals surface area contributed by atoms with Crippen LogP contribution in [0, 0.1) is 40.4 Å². The fraction of sp³-hybridized carbons (Fsp3) is 0.773. The Morgan fingerprint density at radius 1 is 1.04 bits per heavy atom. The first-order chi connectivity index (χ1) is 24.3. The fourth-order valence-corrected chi connectivity index (χ4v) is 11.6. The molecule has 4 aliphatic rings. The largest absolute Gasteiger partial charge is 0.462 e. The van der Waals surface area contributed by atoms with Crippen molar-refractivity contribution >= 4 is 11.9 Å². The van der Waals surface area contributed by atoms with E-state index in [4.69, 9.17) is 9.47 Å². The van der Waals surface area contributed by atoms with Gasteiger partial charge in [0.1, 0.15) is 12.7 Å². The van der Waals surface area contributed by atoms with Crippen LogP contribution in [0.5, 0.6) is 0 Å². The van der Waals surface area contributed by atoms with E-state index < -0.39 is 35.2 Å². The molecule has 1 aromatic carbocycles. The molecular formula is C44H68O7. The number of rotatable bonds is 17. The summed E-state index contributed by atoms with van der Waals surface area (Å²) >= 11 is 0. The van der Waals surface area contributed by atoms with E-state index in [0.717, 1.165) is 50.5 Å². The number of esters is 2. The summed E-state index contributed by atoms with van der Waals surface area (Å²) in [7, 11) is 0. The van der Waals surface area contributed by atoms with Gasteiger partial charge in [0, 0.05) is 18.9 Å². The summed E-state index contributed by atoms with van der Waals surface area (Å²) in [5.74, 6) is -0.141. The second-order valence-corrected chi connectivity index (χ2v) is 17.5. The Kier molecular flexibility index (Phi) is 13.5. The molecule has 1 aromatic rings. The summed E-state index contributed by atoms with van der Waals surface area (Å²) < 4.78 is 11.5. The second-order valence-electron chi connectivity index (χ2n) is 17.5. The van der Waals surface area contributed by atoms with E-state index in [0.29, 0.717) is 49.9 Å². The summed E-state index contributed by atoms with van der Waals surface area (Å²) in [6, 6.07) is 10.5. The first kappa shape index (κ1) is 40.0. The van der Waals surface area contributed by atoms with Crippen LogP contribution in [0.2, 0.25) is 0 Å². The number of hydrogen-bond donors (Lipinski definition) is 3. The monoisotopic (exact) mass is 708 g/mol. The zero-order valence-electron chi connectivity index (χ0n) is 32.3. The summed E-state index contributed by atoms with van der Waals surface area (Å²) in [5, 5.41) is 38.7. The lowest BCUT2D eigenvalue weighted by Gasteiger charge is -2.70. The second kappa shape index (κ2) is 17.3. The molecule has 11 atom stereocenters. The van der Waals surface area contributed by atoms with Gasteiger partial charge in [-0.25, -0.2) is 4.79 Å². The summed E-state index contributed by atoms with van der Waals surface area (Å²) in [4.78, 5) is 24.8. The highest BCUT2D eigenvalue weighted by atomic mass is 16.5. The number of carbonyl (C=O) groups is 2. The van der Waals surface area contributed by atoms with E-state index in [9.17, 15) is 24.9 Å². The number of aliphatic hydroxyl groups is 3. The average molecular weight is 709 g/mol. The van der Waals surface area contributed by atoms with Gasteiger partial charge in [0.2, 0.25) is 0 Å². The van der Waals surface area contributed by atoms with Crippen LogP contribution in [0.25, 0.3) is 0 Å². The third-order valence-corrected chi connectivity index (χ3v) is 14.3. The molecule has 51 heavy (non-hydrogen) atoms. The molecule has 0 aromatic heterocycles. The van der Waals surface area contributed by atoms with E-state index in [-0.39, 0.29) is 29.9 Å². The molecule has 7 heteroatoms. The number of unbranched alkanes of at least 4 members (excludes halogenated alkanes) is 2. The van der Waals surface area contributed by atoms with Gasteiger partial charge >= 0.3 is 11.9 Å². The SMILES string of the molecule is CCCCCC1CCC(C2(C)CCC(O)C3(C(O)CCC(C)CCCc4ccccc4)C2C(OC(C)=O)CC(C)C3(O)CCC2=CC(=O)OC2)C1. The molecule has 5 rings (SSSR count). The van der Waals surface area contributed by atoms with E-state index in [1.807, 2.05) is 13.0 Å². The Morgan fingerprint density at radius 2 is 1.80 bits per heavy atom. The highest BCUT2D eigenvalue weighted by molar-refractivity contribution is 5.85. The number of cyclic esters (lactones) is 1. The minimum absolute atomic E-state index is 0.209. The zero-order valence-corrected chi connectivity index (χ0v) is 32.3. The number of aliphatic hydroxyl groups excluding tert-OH is 2. The van der Waals surface area contributed by atoms with Crippen molar-refractivity contribution in [3.05, 3.63) is 47.5 Å². The standard InChI is InChI=1S/C44H68O7/c1-6-7-9-16-34-19-20-36(27-34)42(5)24-23-39(47)44(38(46)21-18-30(2)13-12-17-33-14-10-8-11-15-33)41(42)37(51-32(4)45)26-31(3)43(44,49)25-22-35-28-40(48)50-29-35/h8,10-11,14-15,28,30-31,34,36-39,41,46-47,49H,6-7,9,12-13,16-27,29H2,1-5H3. The molecule has 0 saturated heterocycles. The minimum atomic E-state index is -1.46. The maximum Gasteiger partial charge on any atom is 0.331 e. The van der Waals surface area contributed by atoms with E-state index in [2.05, 4.69) is 45.0 Å². The molecule has 3 aliphatic carbocycles. The first-order valence-electron chi connectivity index (χ1n) is 20.5. The van der Waals surface area contributed by atoms with Crippen molar-refractivity contribution < 1.29 is 34.4 Å².